The summed E-state index contributed by atoms with van der Waals surface area (Å²) >= 11 is 0. The topological polar surface area (TPSA) is 65.8 Å². The number of aromatic nitrogens is 1. The van der Waals surface area contributed by atoms with Crippen molar-refractivity contribution in [2.24, 2.45) is 5.92 Å². The summed E-state index contributed by atoms with van der Waals surface area (Å²) in [6, 6.07) is 5.93. The van der Waals surface area contributed by atoms with E-state index >= 15 is 0 Å². The predicted octanol–water partition coefficient (Wildman–Crippen LogP) is 2.20. The van der Waals surface area contributed by atoms with Gasteiger partial charge in [0.2, 0.25) is 5.91 Å². The molecule has 1 unspecified atom stereocenters. The maximum atomic E-state index is 11.8. The predicted molar refractivity (Wildman–Crippen MR) is 69.5 cm³/mol. The van der Waals surface area contributed by atoms with Crippen LogP contribution < -0.4 is 5.32 Å². The quantitative estimate of drug-likeness (QED) is 0.835. The molecule has 1 rings (SSSR count). The zero-order valence-electron chi connectivity index (χ0n) is 10.9. The van der Waals surface area contributed by atoms with Crippen molar-refractivity contribution in [2.75, 3.05) is 0 Å². The number of nitrogens with zero attached hydrogens (tertiary/aromatic N) is 2. The van der Waals surface area contributed by atoms with Gasteiger partial charge in [-0.05, 0) is 24.5 Å². The maximum Gasteiger partial charge on any atom is 0.237 e. The van der Waals surface area contributed by atoms with E-state index in [4.69, 9.17) is 5.26 Å². The van der Waals surface area contributed by atoms with Crippen LogP contribution >= 0.6 is 0 Å². The molecule has 0 saturated heterocycles. The number of carbonyl (C=O) groups excluding carboxylic acids is 1. The van der Waals surface area contributed by atoms with Crippen LogP contribution in [0.25, 0.3) is 0 Å². The Kier molecular flexibility index (Phi) is 5.86. The molecule has 0 aliphatic rings. The van der Waals surface area contributed by atoms with Crippen LogP contribution in [0, 0.1) is 17.2 Å². The van der Waals surface area contributed by atoms with Crippen molar-refractivity contribution in [3.63, 3.8) is 0 Å². The number of carbonyl (C=O) groups is 1. The molecule has 1 atom stereocenters. The summed E-state index contributed by atoms with van der Waals surface area (Å²) in [5, 5.41) is 11.7. The standard InChI is InChI=1S/C14H19N3O/c1-3-6-12(9-15)14(18)17-10-13-11(4-2)7-5-8-16-13/h5,7-8,12H,3-4,6,10H2,1-2H3,(H,17,18). The summed E-state index contributed by atoms with van der Waals surface area (Å²) in [5.74, 6) is -0.754. The Bertz CT molecular complexity index is 437. The van der Waals surface area contributed by atoms with Crippen molar-refractivity contribution >= 4 is 5.91 Å². The van der Waals surface area contributed by atoms with Crippen molar-refractivity contribution < 1.29 is 4.79 Å². The van der Waals surface area contributed by atoms with Crippen LogP contribution in [0.2, 0.25) is 0 Å². The van der Waals surface area contributed by atoms with Gasteiger partial charge in [0.1, 0.15) is 5.92 Å². The van der Waals surface area contributed by atoms with Crippen LogP contribution in [0.3, 0.4) is 0 Å². The molecule has 18 heavy (non-hydrogen) atoms. The molecule has 0 bridgehead atoms. The van der Waals surface area contributed by atoms with Crippen LogP contribution in [0.5, 0.6) is 0 Å². The van der Waals surface area contributed by atoms with Gasteiger partial charge in [-0.2, -0.15) is 5.26 Å². The third kappa shape index (κ3) is 3.85. The lowest BCUT2D eigenvalue weighted by atomic mass is 10.0. The lowest BCUT2D eigenvalue weighted by Crippen LogP contribution is -2.30. The highest BCUT2D eigenvalue weighted by Crippen LogP contribution is 2.08. The largest absolute Gasteiger partial charge is 0.349 e. The third-order valence-electron chi connectivity index (χ3n) is 2.85. The Morgan fingerprint density at radius 2 is 2.33 bits per heavy atom. The number of aryl methyl sites for hydroxylation is 1. The fourth-order valence-electron chi connectivity index (χ4n) is 1.79. The van der Waals surface area contributed by atoms with Crippen LogP contribution in [0.1, 0.15) is 37.9 Å². The number of hydrogen-bond acceptors (Lipinski definition) is 3. The van der Waals surface area contributed by atoms with Gasteiger partial charge in [-0.1, -0.05) is 26.3 Å². The second kappa shape index (κ2) is 7.44. The second-order valence-corrected chi connectivity index (χ2v) is 4.15. The first-order chi connectivity index (χ1) is 8.72. The van der Waals surface area contributed by atoms with E-state index in [1.807, 2.05) is 25.1 Å². The Labute approximate surface area is 108 Å². The summed E-state index contributed by atoms with van der Waals surface area (Å²) in [4.78, 5) is 16.0. The van der Waals surface area contributed by atoms with Crippen LogP contribution in [0.15, 0.2) is 18.3 Å². The molecule has 1 amide bonds. The van der Waals surface area contributed by atoms with Gasteiger partial charge >= 0.3 is 0 Å². The van der Waals surface area contributed by atoms with Crippen LogP contribution in [-0.4, -0.2) is 10.9 Å². The Balaban J connectivity index is 2.59. The molecule has 1 aromatic rings. The Hall–Kier alpha value is -1.89. The van der Waals surface area contributed by atoms with E-state index in [2.05, 4.69) is 17.2 Å². The summed E-state index contributed by atoms with van der Waals surface area (Å²) in [6.45, 7) is 4.41. The van der Waals surface area contributed by atoms with Gasteiger partial charge < -0.3 is 5.32 Å². The zero-order valence-corrected chi connectivity index (χ0v) is 10.9. The first kappa shape index (κ1) is 14.2. The normalized spacial score (nSPS) is 11.6. The maximum absolute atomic E-state index is 11.8. The number of nitriles is 1. The second-order valence-electron chi connectivity index (χ2n) is 4.15. The molecule has 4 heteroatoms. The fourth-order valence-corrected chi connectivity index (χ4v) is 1.79. The van der Waals surface area contributed by atoms with Gasteiger partial charge in [-0.25, -0.2) is 0 Å². The molecule has 1 N–H and O–H groups in total. The minimum absolute atomic E-state index is 0.202. The molecule has 0 aliphatic heterocycles. The van der Waals surface area contributed by atoms with E-state index in [1.165, 1.54) is 0 Å². The molecule has 96 valence electrons. The molecule has 4 nitrogen and oxygen atoms in total. The fraction of sp³-hybridized carbons (Fsp3) is 0.500. The molecule has 0 fully saturated rings. The highest BCUT2D eigenvalue weighted by Gasteiger charge is 2.16. The number of nitrogens with one attached hydrogen (secondary N) is 1. The molecule has 1 aromatic heterocycles. The van der Waals surface area contributed by atoms with Crippen molar-refractivity contribution in [2.45, 2.75) is 39.7 Å². The number of hydrogen-bond donors (Lipinski definition) is 1. The van der Waals surface area contributed by atoms with E-state index < -0.39 is 5.92 Å². The van der Waals surface area contributed by atoms with Gasteiger partial charge in [-0.3, -0.25) is 9.78 Å². The molecule has 0 radical (unpaired) electrons. The third-order valence-corrected chi connectivity index (χ3v) is 2.85. The highest BCUT2D eigenvalue weighted by molar-refractivity contribution is 5.80. The van der Waals surface area contributed by atoms with Gasteiger partial charge in [0.05, 0.1) is 18.3 Å². The summed E-state index contributed by atoms with van der Waals surface area (Å²) < 4.78 is 0. The lowest BCUT2D eigenvalue weighted by molar-refractivity contribution is -0.123. The Morgan fingerprint density at radius 1 is 1.56 bits per heavy atom. The number of rotatable bonds is 6. The molecule has 0 aromatic carbocycles. The lowest BCUT2D eigenvalue weighted by Gasteiger charge is -2.10. The minimum Gasteiger partial charge on any atom is -0.349 e. The Morgan fingerprint density at radius 3 is 2.94 bits per heavy atom. The average molecular weight is 245 g/mol. The summed E-state index contributed by atoms with van der Waals surface area (Å²) in [5.41, 5.74) is 2.00. The van der Waals surface area contributed by atoms with Gasteiger partial charge in [0, 0.05) is 6.20 Å². The van der Waals surface area contributed by atoms with E-state index in [9.17, 15) is 4.79 Å². The monoisotopic (exact) mass is 245 g/mol. The average Bonchev–Trinajstić information content (AvgIpc) is 2.42. The van der Waals surface area contributed by atoms with Gasteiger partial charge in [0.15, 0.2) is 0 Å². The molecular weight excluding hydrogens is 226 g/mol. The molecule has 0 saturated carbocycles. The van der Waals surface area contributed by atoms with E-state index in [0.717, 1.165) is 24.1 Å². The zero-order chi connectivity index (χ0) is 13.4. The smallest absolute Gasteiger partial charge is 0.237 e. The molecule has 0 aliphatic carbocycles. The van der Waals surface area contributed by atoms with E-state index in [0.29, 0.717) is 13.0 Å². The first-order valence-corrected chi connectivity index (χ1v) is 6.33. The van der Waals surface area contributed by atoms with Crippen LogP contribution in [-0.2, 0) is 17.8 Å². The van der Waals surface area contributed by atoms with Crippen molar-refractivity contribution in [1.29, 1.82) is 5.26 Å². The number of pyridine rings is 1. The van der Waals surface area contributed by atoms with Crippen molar-refractivity contribution in [1.82, 2.24) is 10.3 Å². The first-order valence-electron chi connectivity index (χ1n) is 6.33. The highest BCUT2D eigenvalue weighted by atomic mass is 16.1. The van der Waals surface area contributed by atoms with Crippen molar-refractivity contribution in [3.8, 4) is 6.07 Å². The van der Waals surface area contributed by atoms with Crippen molar-refractivity contribution in [3.05, 3.63) is 29.6 Å². The SMILES string of the molecule is CCCC(C#N)C(=O)NCc1ncccc1CC. The minimum atomic E-state index is -0.552. The molecule has 1 heterocycles. The van der Waals surface area contributed by atoms with Gasteiger partial charge in [-0.15, -0.1) is 0 Å². The van der Waals surface area contributed by atoms with E-state index in [1.54, 1.807) is 6.20 Å². The summed E-state index contributed by atoms with van der Waals surface area (Å²) in [7, 11) is 0. The molecular formula is C14H19N3O. The number of amides is 1. The van der Waals surface area contributed by atoms with Crippen LogP contribution in [0.4, 0.5) is 0 Å². The van der Waals surface area contributed by atoms with Gasteiger partial charge in [0.25, 0.3) is 0 Å². The van der Waals surface area contributed by atoms with E-state index in [-0.39, 0.29) is 5.91 Å². The molecule has 0 spiro atoms. The summed E-state index contributed by atoms with van der Waals surface area (Å²) in [6.07, 6.45) is 4.03.